The van der Waals surface area contributed by atoms with E-state index in [-0.39, 0.29) is 33.6 Å². The summed E-state index contributed by atoms with van der Waals surface area (Å²) in [5, 5.41) is 42.3. The maximum absolute atomic E-state index is 8.49. The van der Waals surface area contributed by atoms with Gasteiger partial charge in [0.15, 0.2) is 0 Å². The normalized spacial score (nSPS) is 10.1. The van der Waals surface area contributed by atoms with E-state index in [0.29, 0.717) is 19.6 Å². The number of aliphatic hydroxyl groups is 5. The molecule has 0 spiro atoms. The third kappa shape index (κ3) is 58.9. The Hall–Kier alpha value is 0.474. The first kappa shape index (κ1) is 41.7. The Morgan fingerprint density at radius 1 is 0.452 bits per heavy atom. The molecular weight excluding hydrogens is 432 g/mol. The zero-order valence-corrected chi connectivity index (χ0v) is 22.4. The summed E-state index contributed by atoms with van der Waals surface area (Å²) >= 11 is 0. The van der Waals surface area contributed by atoms with Crippen LogP contribution in [0.2, 0.25) is 0 Å². The van der Waals surface area contributed by atoms with Gasteiger partial charge in [-0.05, 0) is 19.3 Å². The van der Waals surface area contributed by atoms with Gasteiger partial charge < -0.3 is 31.0 Å². The molecule has 0 rings (SSSR count). The SMILES string of the molecule is CCCCCCCC(O)(O)O.CCCCCCCCO.CCCCCCCCO.[OH-].[Ti]. The summed E-state index contributed by atoms with van der Waals surface area (Å²) in [7, 11) is 0. The second-order valence-electron chi connectivity index (χ2n) is 7.92. The van der Waals surface area contributed by atoms with Gasteiger partial charge in [-0.3, -0.25) is 0 Å². The van der Waals surface area contributed by atoms with E-state index in [1.807, 2.05) is 0 Å². The Labute approximate surface area is 208 Å². The zero-order valence-electron chi connectivity index (χ0n) is 20.8. The largest absolute Gasteiger partial charge is 0.870 e. The van der Waals surface area contributed by atoms with Gasteiger partial charge in [0.25, 0.3) is 5.97 Å². The van der Waals surface area contributed by atoms with Crippen molar-refractivity contribution in [3.63, 3.8) is 0 Å². The van der Waals surface area contributed by atoms with Crippen molar-refractivity contribution in [2.75, 3.05) is 13.2 Å². The third-order valence-electron chi connectivity index (χ3n) is 4.64. The quantitative estimate of drug-likeness (QED) is 0.0989. The number of hydrogen-bond acceptors (Lipinski definition) is 6. The van der Waals surface area contributed by atoms with Crippen LogP contribution < -0.4 is 0 Å². The second kappa shape index (κ2) is 37.8. The van der Waals surface area contributed by atoms with Gasteiger partial charge in [-0.2, -0.15) is 0 Å². The van der Waals surface area contributed by atoms with Crippen molar-refractivity contribution < 1.29 is 52.7 Å². The van der Waals surface area contributed by atoms with Gasteiger partial charge >= 0.3 is 0 Å². The van der Waals surface area contributed by atoms with Gasteiger partial charge in [-0.25, -0.2) is 0 Å². The average Bonchev–Trinajstić information content (AvgIpc) is 2.68. The molecule has 0 aromatic heterocycles. The Morgan fingerprint density at radius 3 is 0.968 bits per heavy atom. The maximum atomic E-state index is 8.49. The van der Waals surface area contributed by atoms with Gasteiger partial charge in [0.05, 0.1) is 0 Å². The predicted molar refractivity (Wildman–Crippen MR) is 126 cm³/mol. The van der Waals surface area contributed by atoms with E-state index in [2.05, 4.69) is 20.8 Å². The van der Waals surface area contributed by atoms with Gasteiger partial charge in [0.2, 0.25) is 0 Å². The molecule has 192 valence electrons. The molecule has 0 aliphatic rings. The van der Waals surface area contributed by atoms with Crippen molar-refractivity contribution in [1.29, 1.82) is 0 Å². The average molecular weight is 488 g/mol. The van der Waals surface area contributed by atoms with Crippen LogP contribution in [0.1, 0.15) is 136 Å². The van der Waals surface area contributed by atoms with E-state index in [9.17, 15) is 0 Å². The minimum atomic E-state index is -2.45. The first-order valence-corrected chi connectivity index (χ1v) is 12.3. The van der Waals surface area contributed by atoms with E-state index in [0.717, 1.165) is 25.7 Å². The molecule has 0 atom stereocenters. The Bertz CT molecular complexity index is 237. The number of hydrogen-bond donors (Lipinski definition) is 5. The Kier molecular flexibility index (Phi) is 50.8. The minimum Gasteiger partial charge on any atom is -0.870 e. The van der Waals surface area contributed by atoms with Crippen molar-refractivity contribution >= 4 is 0 Å². The van der Waals surface area contributed by atoms with Crippen LogP contribution in [-0.4, -0.2) is 50.2 Å². The molecule has 6 N–H and O–H groups in total. The summed E-state index contributed by atoms with van der Waals surface area (Å²) in [6, 6.07) is 0. The fraction of sp³-hybridized carbons (Fsp3) is 1.00. The molecule has 6 nitrogen and oxygen atoms in total. The second-order valence-corrected chi connectivity index (χ2v) is 7.92. The molecule has 7 heteroatoms. The molecule has 0 amide bonds. The molecule has 0 saturated heterocycles. The zero-order chi connectivity index (χ0) is 22.6. The van der Waals surface area contributed by atoms with Crippen LogP contribution in [0.15, 0.2) is 0 Å². The van der Waals surface area contributed by atoms with E-state index in [1.165, 1.54) is 77.0 Å². The van der Waals surface area contributed by atoms with E-state index in [4.69, 9.17) is 25.5 Å². The van der Waals surface area contributed by atoms with Crippen LogP contribution in [0.25, 0.3) is 0 Å². The molecule has 0 bridgehead atoms. The molecule has 0 aliphatic carbocycles. The van der Waals surface area contributed by atoms with Gasteiger partial charge in [0, 0.05) is 41.4 Å². The topological polar surface area (TPSA) is 131 Å². The summed E-state index contributed by atoms with van der Waals surface area (Å²) in [6.07, 6.45) is 20.1. The van der Waals surface area contributed by atoms with Gasteiger partial charge in [-0.1, -0.05) is 111 Å². The fourth-order valence-corrected chi connectivity index (χ4v) is 2.75. The predicted octanol–water partition coefficient (Wildman–Crippen LogP) is 5.48. The third-order valence-corrected chi connectivity index (χ3v) is 4.64. The number of rotatable bonds is 18. The monoisotopic (exact) mass is 487 g/mol. The van der Waals surface area contributed by atoms with Crippen molar-refractivity contribution in [1.82, 2.24) is 0 Å². The molecule has 0 aromatic rings. The molecule has 0 saturated carbocycles. The van der Waals surface area contributed by atoms with Gasteiger partial charge in [-0.15, -0.1) is 0 Å². The molecule has 0 heterocycles. The number of unbranched alkanes of at least 4 members (excludes halogenated alkanes) is 14. The summed E-state index contributed by atoms with van der Waals surface area (Å²) < 4.78 is 0. The fourth-order valence-electron chi connectivity index (χ4n) is 2.75. The van der Waals surface area contributed by atoms with Crippen molar-refractivity contribution in [2.24, 2.45) is 0 Å². The molecule has 0 radical (unpaired) electrons. The molecule has 0 aromatic carbocycles. The molecule has 0 fully saturated rings. The van der Waals surface area contributed by atoms with Gasteiger partial charge in [0.1, 0.15) is 0 Å². The van der Waals surface area contributed by atoms with Crippen LogP contribution in [-0.2, 0) is 21.7 Å². The molecule has 0 aliphatic heterocycles. The first-order valence-electron chi connectivity index (χ1n) is 12.3. The maximum Gasteiger partial charge on any atom is 0.275 e. The summed E-state index contributed by atoms with van der Waals surface area (Å²) in [6.45, 7) is 7.28. The van der Waals surface area contributed by atoms with E-state index < -0.39 is 5.97 Å². The Balaban J connectivity index is -0.000000106. The smallest absolute Gasteiger partial charge is 0.275 e. The molecule has 31 heavy (non-hydrogen) atoms. The van der Waals surface area contributed by atoms with E-state index in [1.54, 1.807) is 0 Å². The summed E-state index contributed by atoms with van der Waals surface area (Å²) in [4.78, 5) is 0. The van der Waals surface area contributed by atoms with Crippen LogP contribution in [0.4, 0.5) is 0 Å². The Morgan fingerprint density at radius 2 is 0.710 bits per heavy atom. The summed E-state index contributed by atoms with van der Waals surface area (Å²) in [5.41, 5.74) is 0. The van der Waals surface area contributed by atoms with Crippen LogP contribution in [0.3, 0.4) is 0 Å². The van der Waals surface area contributed by atoms with Crippen LogP contribution in [0.5, 0.6) is 0 Å². The standard InChI is InChI=1S/C8H18O3.2C8H18O.H2O.Ti/c1-2-3-4-5-6-7-8(9,10)11;2*1-2-3-4-5-6-7-8-9;;/h9-11H,2-7H2,1H3;2*9H,2-8H2,1H3;1H2;/p-1. The van der Waals surface area contributed by atoms with Crippen LogP contribution >= 0.6 is 0 Å². The molecule has 0 unspecified atom stereocenters. The van der Waals surface area contributed by atoms with Crippen molar-refractivity contribution in [3.8, 4) is 0 Å². The van der Waals surface area contributed by atoms with Crippen molar-refractivity contribution in [3.05, 3.63) is 0 Å². The van der Waals surface area contributed by atoms with E-state index >= 15 is 0 Å². The molecular formula is C24H55O6Ti-. The first-order chi connectivity index (χ1) is 13.9. The summed E-state index contributed by atoms with van der Waals surface area (Å²) in [5.74, 6) is -2.45. The minimum absolute atomic E-state index is 0. The van der Waals surface area contributed by atoms with Crippen LogP contribution in [0, 0.1) is 0 Å². The van der Waals surface area contributed by atoms with Crippen molar-refractivity contribution in [2.45, 2.75) is 142 Å². The number of aliphatic hydroxyl groups excluding tert-OH is 2.